The molecule has 3 aliphatic rings. The number of hydrogen-bond donors (Lipinski definition) is 12. The van der Waals surface area contributed by atoms with E-state index in [0.717, 1.165) is 12.1 Å². The number of aliphatic hydroxyl groups excluding tert-OH is 9. The van der Waals surface area contributed by atoms with Crippen LogP contribution in [0, 0.1) is 0 Å². The van der Waals surface area contributed by atoms with Crippen molar-refractivity contribution < 1.29 is 94.1 Å². The third-order valence-corrected chi connectivity index (χ3v) is 9.30. The van der Waals surface area contributed by atoms with Crippen LogP contribution in [0.4, 0.5) is 0 Å². The van der Waals surface area contributed by atoms with E-state index in [2.05, 4.69) is 0 Å². The smallest absolute Gasteiger partial charge is 0.239 e. The van der Waals surface area contributed by atoms with Gasteiger partial charge in [0.2, 0.25) is 17.5 Å². The van der Waals surface area contributed by atoms with Crippen LogP contribution >= 0.6 is 0 Å². The molecular formula is C33H40O20. The lowest BCUT2D eigenvalue weighted by atomic mass is 9.97. The second-order valence-electron chi connectivity index (χ2n) is 12.9. The zero-order valence-electron chi connectivity index (χ0n) is 27.7. The van der Waals surface area contributed by atoms with E-state index in [4.69, 9.17) is 32.8 Å². The molecule has 53 heavy (non-hydrogen) atoms. The fraction of sp³-hybridized carbons (Fsp3) is 0.545. The van der Waals surface area contributed by atoms with Crippen molar-refractivity contribution in [1.29, 1.82) is 0 Å². The van der Waals surface area contributed by atoms with Crippen LogP contribution < -0.4 is 10.2 Å². The topological polar surface area (TPSA) is 328 Å². The molecule has 20 heteroatoms. The summed E-state index contributed by atoms with van der Waals surface area (Å²) in [5.41, 5.74) is -1.12. The maximum Gasteiger partial charge on any atom is 0.239 e. The van der Waals surface area contributed by atoms with Gasteiger partial charge in [0, 0.05) is 17.7 Å². The molecule has 0 saturated carbocycles. The minimum absolute atomic E-state index is 0.143. The van der Waals surface area contributed by atoms with Gasteiger partial charge in [-0.15, -0.1) is 0 Å². The summed E-state index contributed by atoms with van der Waals surface area (Å²) < 4.78 is 39.7. The van der Waals surface area contributed by atoms with Crippen LogP contribution in [0.25, 0.3) is 22.3 Å². The zero-order valence-corrected chi connectivity index (χ0v) is 27.7. The number of ether oxygens (including phenoxy) is 6. The van der Waals surface area contributed by atoms with Crippen LogP contribution in [0.5, 0.6) is 23.0 Å². The number of phenols is 3. The third kappa shape index (κ3) is 7.52. The molecular weight excluding hydrogens is 716 g/mol. The first-order chi connectivity index (χ1) is 25.1. The first-order valence-electron chi connectivity index (χ1n) is 16.4. The van der Waals surface area contributed by atoms with Gasteiger partial charge in [-0.2, -0.15) is 0 Å². The third-order valence-electron chi connectivity index (χ3n) is 9.30. The maximum atomic E-state index is 13.8. The van der Waals surface area contributed by atoms with E-state index in [0.29, 0.717) is 0 Å². The van der Waals surface area contributed by atoms with E-state index < -0.39 is 133 Å². The van der Waals surface area contributed by atoms with Gasteiger partial charge in [0.05, 0.1) is 19.3 Å². The van der Waals surface area contributed by atoms with Crippen molar-refractivity contribution in [2.24, 2.45) is 0 Å². The molecule has 3 aromatic rings. The zero-order chi connectivity index (χ0) is 38.5. The molecule has 2 aromatic carbocycles. The minimum Gasteiger partial charge on any atom is -0.508 e. The summed E-state index contributed by atoms with van der Waals surface area (Å²) in [6.45, 7) is -0.192. The molecule has 4 heterocycles. The summed E-state index contributed by atoms with van der Waals surface area (Å²) in [5, 5.41) is 124. The van der Waals surface area contributed by atoms with E-state index >= 15 is 0 Å². The average molecular weight is 757 g/mol. The number of rotatable bonds is 9. The molecule has 6 rings (SSSR count). The summed E-state index contributed by atoms with van der Waals surface area (Å²) in [6, 6.07) is 7.14. The second kappa shape index (κ2) is 15.6. The van der Waals surface area contributed by atoms with Crippen molar-refractivity contribution in [2.45, 2.75) is 99.0 Å². The van der Waals surface area contributed by atoms with Crippen LogP contribution in [0.15, 0.2) is 45.6 Å². The van der Waals surface area contributed by atoms with E-state index in [1.165, 1.54) is 31.2 Å². The van der Waals surface area contributed by atoms with Gasteiger partial charge < -0.3 is 94.1 Å². The molecule has 20 nitrogen and oxygen atoms in total. The minimum atomic E-state index is -2.02. The van der Waals surface area contributed by atoms with Crippen LogP contribution in [-0.4, -0.2) is 167 Å². The van der Waals surface area contributed by atoms with Gasteiger partial charge >= 0.3 is 0 Å². The molecule has 15 atom stereocenters. The molecule has 0 bridgehead atoms. The lowest BCUT2D eigenvalue weighted by Gasteiger charge is -2.46. The number of aromatic hydroxyl groups is 3. The molecule has 3 saturated heterocycles. The van der Waals surface area contributed by atoms with Crippen molar-refractivity contribution >= 4 is 11.0 Å². The van der Waals surface area contributed by atoms with Crippen molar-refractivity contribution in [3.63, 3.8) is 0 Å². The molecule has 0 spiro atoms. The van der Waals surface area contributed by atoms with E-state index in [-0.39, 0.29) is 22.7 Å². The molecule has 1 aromatic heterocycles. The number of hydrogen-bond acceptors (Lipinski definition) is 20. The Morgan fingerprint density at radius 2 is 1.30 bits per heavy atom. The predicted molar refractivity (Wildman–Crippen MR) is 171 cm³/mol. The van der Waals surface area contributed by atoms with Crippen molar-refractivity contribution in [2.75, 3.05) is 13.2 Å². The van der Waals surface area contributed by atoms with Gasteiger partial charge in [-0.25, -0.2) is 0 Å². The number of phenolic OH excluding ortho intramolecular Hbond substituents is 3. The van der Waals surface area contributed by atoms with Gasteiger partial charge in [-0.05, 0) is 31.2 Å². The van der Waals surface area contributed by atoms with E-state index in [1.54, 1.807) is 0 Å². The highest BCUT2D eigenvalue weighted by Crippen LogP contribution is 2.38. The standard InChI is InChI=1S/C33H40O20/c1-10-19(38)23(42)26(45)31(48-10)53-30-25(44)20(39)16(8-34)50-33(30)47-9-17-21(40)24(43)27(46)32(51-17)52-29-22(41)18-14(37)6-13(36)7-15(18)49-28(29)11-2-4-12(35)5-3-11/h2-7,10,16-17,19-21,23-27,30-40,42-46H,8-9H2,1H3/t10-,16+,17+,19-,20+,21-,23+,24-,25-,26+,27+,30+,31-,32-,33+/m0/s1. The Kier molecular flexibility index (Phi) is 11.5. The maximum absolute atomic E-state index is 13.8. The van der Waals surface area contributed by atoms with Gasteiger partial charge in [0.1, 0.15) is 95.4 Å². The van der Waals surface area contributed by atoms with Gasteiger partial charge in [0.15, 0.2) is 18.3 Å². The van der Waals surface area contributed by atoms with E-state index in [1.807, 2.05) is 0 Å². The largest absolute Gasteiger partial charge is 0.508 e. The highest BCUT2D eigenvalue weighted by Gasteiger charge is 2.52. The van der Waals surface area contributed by atoms with Crippen LogP contribution in [0.3, 0.4) is 0 Å². The summed E-state index contributed by atoms with van der Waals surface area (Å²) in [5.74, 6) is -2.24. The molecule has 0 aliphatic carbocycles. The molecule has 12 N–H and O–H groups in total. The SMILES string of the molecule is C[C@@H]1O[C@@H](O[C@H]2[C@H](OC[C@H]3O[C@@H](Oc4c(-c5ccc(O)cc5)oc5cc(O)cc(O)c5c4=O)[C@H](O)[C@@H](O)[C@H]3O)O[C@H](CO)[C@@H](O)[C@@H]2O)[C@H](O)[C@H](O)[C@H]1O. The molecule has 0 amide bonds. The molecule has 3 fully saturated rings. The van der Waals surface area contributed by atoms with Crippen LogP contribution in [-0.2, 0) is 23.7 Å². The quantitative estimate of drug-likeness (QED) is 0.100. The van der Waals surface area contributed by atoms with Crippen LogP contribution in [0.2, 0.25) is 0 Å². The fourth-order valence-electron chi connectivity index (χ4n) is 6.25. The molecule has 0 unspecified atom stereocenters. The fourth-order valence-corrected chi connectivity index (χ4v) is 6.25. The molecule has 3 aliphatic heterocycles. The van der Waals surface area contributed by atoms with Crippen molar-refractivity contribution in [1.82, 2.24) is 0 Å². The predicted octanol–water partition coefficient (Wildman–Crippen LogP) is -3.57. The second-order valence-corrected chi connectivity index (χ2v) is 12.9. The lowest BCUT2D eigenvalue weighted by molar-refractivity contribution is -0.369. The first kappa shape index (κ1) is 39.0. The average Bonchev–Trinajstić information content (AvgIpc) is 3.12. The normalized spacial score (nSPS) is 37.8. The Hall–Kier alpha value is -3.71. The Morgan fingerprint density at radius 3 is 1.98 bits per heavy atom. The molecule has 0 radical (unpaired) electrons. The first-order valence-corrected chi connectivity index (χ1v) is 16.4. The Bertz CT molecular complexity index is 1790. The van der Waals surface area contributed by atoms with Gasteiger partial charge in [-0.1, -0.05) is 0 Å². The summed E-state index contributed by atoms with van der Waals surface area (Å²) in [6.07, 6.45) is -25.8. The highest BCUT2D eigenvalue weighted by molar-refractivity contribution is 5.88. The van der Waals surface area contributed by atoms with Gasteiger partial charge in [-0.3, -0.25) is 4.79 Å². The van der Waals surface area contributed by atoms with Crippen LogP contribution in [0.1, 0.15) is 6.92 Å². The Morgan fingerprint density at radius 1 is 0.679 bits per heavy atom. The number of aliphatic hydroxyl groups is 9. The Balaban J connectivity index is 1.27. The highest BCUT2D eigenvalue weighted by atomic mass is 16.8. The summed E-state index contributed by atoms with van der Waals surface area (Å²) in [7, 11) is 0. The van der Waals surface area contributed by atoms with Crippen molar-refractivity contribution in [3.8, 4) is 34.3 Å². The summed E-state index contributed by atoms with van der Waals surface area (Å²) >= 11 is 0. The van der Waals surface area contributed by atoms with Crippen molar-refractivity contribution in [3.05, 3.63) is 46.6 Å². The summed E-state index contributed by atoms with van der Waals surface area (Å²) in [4.78, 5) is 13.8. The Labute approximate surface area is 298 Å². The van der Waals surface area contributed by atoms with E-state index in [9.17, 15) is 66.1 Å². The monoisotopic (exact) mass is 756 g/mol. The lowest BCUT2D eigenvalue weighted by Crippen LogP contribution is -2.65. The number of fused-ring (bicyclic) bond motifs is 1. The van der Waals surface area contributed by atoms with Gasteiger partial charge in [0.25, 0.3) is 0 Å². The molecule has 292 valence electrons. The number of benzene rings is 2.